The van der Waals surface area contributed by atoms with Gasteiger partial charge < -0.3 is 28.7 Å². The number of fused-ring (bicyclic) bond motifs is 24. The molecule has 26 rings (SSSR count). The predicted octanol–water partition coefficient (Wildman–Crippen LogP) is 23.7. The van der Waals surface area contributed by atoms with E-state index < -0.39 is 5.41 Å². The smallest absolute Gasteiger partial charge is 0.252 e. The summed E-state index contributed by atoms with van der Waals surface area (Å²) in [6.07, 6.45) is 0. The van der Waals surface area contributed by atoms with E-state index in [0.717, 1.165) is 56.9 Å². The Bertz CT molecular complexity index is 7050. The molecule has 0 saturated carbocycles. The summed E-state index contributed by atoms with van der Waals surface area (Å²) >= 11 is 0. The van der Waals surface area contributed by atoms with E-state index in [0.29, 0.717) is 0 Å². The number of hydrogen-bond donors (Lipinski definition) is 0. The molecule has 0 saturated heterocycles. The maximum Gasteiger partial charge on any atom is 0.252 e. The minimum absolute atomic E-state index is 0.169. The van der Waals surface area contributed by atoms with Gasteiger partial charge in [0.05, 0.1) is 27.8 Å². The van der Waals surface area contributed by atoms with Gasteiger partial charge in [-0.2, -0.15) is 0 Å². The van der Waals surface area contributed by atoms with Crippen LogP contribution in [0.15, 0.2) is 413 Å². The van der Waals surface area contributed by atoms with Crippen LogP contribution in [-0.2, 0) is 5.41 Å². The normalized spacial score (nSPS) is 13.5. The fraction of sp³-hybridized carbons (Fsp3) is 0.00917. The quantitative estimate of drug-likeness (QED) is 0.127. The molecule has 0 unspecified atom stereocenters. The van der Waals surface area contributed by atoms with Gasteiger partial charge in [-0.15, -0.1) is 0 Å². The summed E-state index contributed by atoms with van der Waals surface area (Å²) < 4.78 is 5.24. The Hall–Kier alpha value is -15.1. The van der Waals surface area contributed by atoms with Gasteiger partial charge in [-0.05, 0) is 233 Å². The summed E-state index contributed by atoms with van der Waals surface area (Å²) in [6.45, 7) is -0.338. The van der Waals surface area contributed by atoms with Gasteiger partial charge in [0.15, 0.2) is 0 Å². The lowest BCUT2D eigenvalue weighted by Gasteiger charge is -2.43. The Morgan fingerprint density at radius 1 is 0.214 bits per heavy atom. The van der Waals surface area contributed by atoms with Crippen LogP contribution in [0.5, 0.6) is 0 Å². The Morgan fingerprint density at radius 3 is 0.940 bits per heavy atom. The molecule has 6 heterocycles. The van der Waals surface area contributed by atoms with Crippen molar-refractivity contribution < 1.29 is 0 Å². The SMILES string of the molecule is c1ccc(-c2ccc3c(c2)c2cccc4c2n3-c2cc(N(c3ccccc3)c3ccccc3)cc3c2B4c2cc4c(cc2N3c2ccccc2)C2(c3ccccc3-4)c3ccccc3-c3cc4c(cc32)N(c2ccccc2)c2cc(N(c3ccccc3)c3ccccc3)cc3c2B4c2cccc4c5cc(-c6ccccc6)ccc5n-3c24)cc1. The number of hydrogen-bond acceptors (Lipinski definition) is 4. The maximum absolute atomic E-state index is 2.68. The molecule has 6 aliphatic rings. The second-order valence-corrected chi connectivity index (χ2v) is 32.1. The standard InChI is InChI=1S/C109H68B2N6/c1-9-31-69(32-10-1)71-55-57-97-87(59-71)83-49-29-53-93-107(83)116(97)103-63-79(112(73-35-13-3-14-36-73)74-37-15-4-16-38-74)61-101-105(103)110(93)95-65-85-81-47-25-27-51-89(81)109(91(85)67-99(95)114(101)77-43-21-7-22-44-77)90-52-28-26-48-82(90)86-66-96-100(68-92(86)109)115(78-45-23-8-24-46-78)102-62-80(113(75-39-17-5-18-40-75)76-41-19-6-20-42-76)64-104-106(102)111(96)94-54-30-50-84-88-60-72(70-33-11-2-12-34-70)56-58-98(88)117(104)108(84)94/h1-68H. The number of rotatable bonds is 10. The largest absolute Gasteiger partial charge is 0.311 e. The number of nitrogens with zero attached hydrogens (tertiary/aromatic N) is 6. The molecule has 2 aliphatic carbocycles. The lowest BCUT2D eigenvalue weighted by atomic mass is 9.33. The number of benzene rings is 18. The van der Waals surface area contributed by atoms with Gasteiger partial charge in [-0.3, -0.25) is 0 Å². The van der Waals surface area contributed by atoms with E-state index in [-0.39, 0.29) is 13.4 Å². The van der Waals surface area contributed by atoms with Gasteiger partial charge in [-0.25, -0.2) is 0 Å². The van der Waals surface area contributed by atoms with Gasteiger partial charge in [-0.1, -0.05) is 279 Å². The topological polar surface area (TPSA) is 22.8 Å². The molecular weight excluding hydrogens is 1410 g/mol. The Balaban J connectivity index is 0.762. The zero-order valence-corrected chi connectivity index (χ0v) is 63.6. The molecule has 6 nitrogen and oxygen atoms in total. The highest BCUT2D eigenvalue weighted by Crippen LogP contribution is 2.65. The van der Waals surface area contributed by atoms with Gasteiger partial charge in [0, 0.05) is 101 Å². The molecule has 540 valence electrons. The lowest BCUT2D eigenvalue weighted by Crippen LogP contribution is -2.60. The minimum Gasteiger partial charge on any atom is -0.311 e. The summed E-state index contributed by atoms with van der Waals surface area (Å²) in [4.78, 5) is 10.2. The monoisotopic (exact) mass is 1480 g/mol. The second kappa shape index (κ2) is 24.5. The Labute approximate surface area is 678 Å². The highest BCUT2D eigenvalue weighted by atomic mass is 15.2. The van der Waals surface area contributed by atoms with Gasteiger partial charge in [0.25, 0.3) is 13.4 Å². The van der Waals surface area contributed by atoms with Crippen molar-refractivity contribution in [1.82, 2.24) is 9.13 Å². The van der Waals surface area contributed by atoms with Gasteiger partial charge >= 0.3 is 0 Å². The van der Waals surface area contributed by atoms with E-state index in [1.807, 2.05) is 0 Å². The van der Waals surface area contributed by atoms with Crippen molar-refractivity contribution in [2.75, 3.05) is 19.6 Å². The van der Waals surface area contributed by atoms with Crippen LogP contribution in [-0.4, -0.2) is 22.6 Å². The molecule has 0 bridgehead atoms. The van der Waals surface area contributed by atoms with Gasteiger partial charge in [0.2, 0.25) is 0 Å². The van der Waals surface area contributed by atoms with Crippen LogP contribution < -0.4 is 52.4 Å². The third-order valence-electron chi connectivity index (χ3n) is 26.3. The first-order valence-corrected chi connectivity index (χ1v) is 40.8. The van der Waals surface area contributed by atoms with Crippen LogP contribution in [0.3, 0.4) is 0 Å². The molecule has 8 heteroatoms. The van der Waals surface area contributed by atoms with Crippen molar-refractivity contribution in [3.63, 3.8) is 0 Å². The van der Waals surface area contributed by atoms with Crippen LogP contribution in [0.4, 0.5) is 68.2 Å². The van der Waals surface area contributed by atoms with Crippen molar-refractivity contribution in [3.8, 4) is 55.9 Å². The molecule has 117 heavy (non-hydrogen) atoms. The van der Waals surface area contributed by atoms with E-state index in [1.165, 1.54) is 166 Å². The molecule has 0 N–H and O–H groups in total. The second-order valence-electron chi connectivity index (χ2n) is 32.1. The van der Waals surface area contributed by atoms with E-state index in [2.05, 4.69) is 441 Å². The lowest BCUT2D eigenvalue weighted by molar-refractivity contribution is 0.794. The van der Waals surface area contributed by atoms with Crippen LogP contribution in [0.1, 0.15) is 22.3 Å². The summed E-state index contributed by atoms with van der Waals surface area (Å²) in [5.74, 6) is 0. The van der Waals surface area contributed by atoms with Crippen molar-refractivity contribution in [3.05, 3.63) is 435 Å². The van der Waals surface area contributed by atoms with Crippen molar-refractivity contribution >= 4 is 158 Å². The molecule has 2 aromatic heterocycles. The van der Waals surface area contributed by atoms with Crippen LogP contribution in [0.25, 0.3) is 99.5 Å². The van der Waals surface area contributed by atoms with Crippen molar-refractivity contribution in [2.24, 2.45) is 0 Å². The molecule has 0 amide bonds. The van der Waals surface area contributed by atoms with E-state index >= 15 is 0 Å². The zero-order valence-electron chi connectivity index (χ0n) is 63.6. The van der Waals surface area contributed by atoms with Crippen LogP contribution in [0.2, 0.25) is 0 Å². The molecular formula is C109H68B2N6. The van der Waals surface area contributed by atoms with Crippen molar-refractivity contribution in [2.45, 2.75) is 5.41 Å². The molecule has 4 aliphatic heterocycles. The third-order valence-corrected chi connectivity index (χ3v) is 26.3. The van der Waals surface area contributed by atoms with Gasteiger partial charge in [0.1, 0.15) is 0 Å². The molecule has 0 fully saturated rings. The highest BCUT2D eigenvalue weighted by molar-refractivity contribution is 7.01. The van der Waals surface area contributed by atoms with Crippen molar-refractivity contribution in [1.29, 1.82) is 0 Å². The first-order chi connectivity index (χ1) is 58.1. The molecule has 20 aromatic rings. The predicted molar refractivity (Wildman–Crippen MR) is 490 cm³/mol. The average Bonchev–Trinajstić information content (AvgIpc) is 1.52. The van der Waals surface area contributed by atoms with E-state index in [9.17, 15) is 0 Å². The minimum atomic E-state index is -0.799. The molecule has 0 radical (unpaired) electrons. The maximum atomic E-state index is 2.68. The summed E-state index contributed by atoms with van der Waals surface area (Å²) in [5, 5.41) is 4.96. The first kappa shape index (κ1) is 64.4. The molecule has 18 aromatic carbocycles. The summed E-state index contributed by atoms with van der Waals surface area (Å²) in [5.41, 5.74) is 42.3. The fourth-order valence-corrected chi connectivity index (χ4v) is 21.8. The van der Waals surface area contributed by atoms with E-state index in [4.69, 9.17) is 0 Å². The molecule has 0 atom stereocenters. The average molecular weight is 1480 g/mol. The Morgan fingerprint density at radius 2 is 0.556 bits per heavy atom. The van der Waals surface area contributed by atoms with E-state index in [1.54, 1.807) is 0 Å². The number of para-hydroxylation sites is 8. The first-order valence-electron chi connectivity index (χ1n) is 40.8. The third kappa shape index (κ3) is 8.90. The van der Waals surface area contributed by atoms with Crippen LogP contribution in [0, 0.1) is 0 Å². The number of anilines is 12. The summed E-state index contributed by atoms with van der Waals surface area (Å²) in [7, 11) is 0. The number of aromatic nitrogens is 2. The summed E-state index contributed by atoms with van der Waals surface area (Å²) in [6, 6.07) is 156. The Kier molecular flexibility index (Phi) is 13.5. The molecule has 1 spiro atoms. The zero-order chi connectivity index (χ0) is 76.3. The highest BCUT2D eigenvalue weighted by Gasteiger charge is 2.55. The fourth-order valence-electron chi connectivity index (χ4n) is 21.8. The van der Waals surface area contributed by atoms with Crippen LogP contribution >= 0.6 is 0 Å².